The molecule has 33 heavy (non-hydrogen) atoms. The number of thiophene rings is 1. The molecule has 9 heteroatoms. The van der Waals surface area contributed by atoms with E-state index in [1.165, 1.54) is 23.5 Å². The third-order valence-electron chi connectivity index (χ3n) is 6.33. The zero-order valence-corrected chi connectivity index (χ0v) is 18.4. The van der Waals surface area contributed by atoms with Crippen molar-refractivity contribution >= 4 is 31.8 Å². The number of H-pyrrole nitrogens is 1. The Labute approximate surface area is 191 Å². The number of nitrogens with zero attached hydrogens (tertiary/aromatic N) is 3. The number of allylic oxidation sites excluding steroid dienone is 1. The minimum atomic E-state index is -0.757. The van der Waals surface area contributed by atoms with Gasteiger partial charge in [-0.25, -0.2) is 9.37 Å². The van der Waals surface area contributed by atoms with E-state index in [0.29, 0.717) is 16.8 Å². The minimum absolute atomic E-state index is 0.0578. The molecule has 3 aromatic heterocycles. The number of likely N-dealkylation sites (N-methyl/N-ethyl adjacent to an activating group) is 1. The SMILES string of the molecule is CN1CCc2nc3sc4c5c(c(=O)[nH]c4c3cc2C1)C(c1ccc(F)cc1)C(C#N)=C(N)O5. The summed E-state index contributed by atoms with van der Waals surface area (Å²) in [6.07, 6.45) is 0.870. The van der Waals surface area contributed by atoms with Crippen LogP contribution in [0.5, 0.6) is 5.75 Å². The van der Waals surface area contributed by atoms with Gasteiger partial charge >= 0.3 is 0 Å². The van der Waals surface area contributed by atoms with Crippen molar-refractivity contribution in [2.24, 2.45) is 5.73 Å². The van der Waals surface area contributed by atoms with Gasteiger partial charge < -0.3 is 20.4 Å². The Morgan fingerprint density at radius 1 is 1.36 bits per heavy atom. The molecule has 6 rings (SSSR count). The topological polar surface area (TPSA) is 108 Å². The molecule has 0 amide bonds. The lowest BCUT2D eigenvalue weighted by atomic mass is 9.84. The first kappa shape index (κ1) is 19.9. The maximum Gasteiger partial charge on any atom is 0.256 e. The van der Waals surface area contributed by atoms with Crippen LogP contribution in [0.25, 0.3) is 20.4 Å². The Bertz CT molecular complexity index is 1600. The number of halogens is 1. The number of aromatic nitrogens is 2. The first-order chi connectivity index (χ1) is 15.9. The fourth-order valence-corrected chi connectivity index (χ4v) is 5.86. The summed E-state index contributed by atoms with van der Waals surface area (Å²) in [5, 5.41) is 10.6. The van der Waals surface area contributed by atoms with Crippen LogP contribution in [0.3, 0.4) is 0 Å². The van der Waals surface area contributed by atoms with E-state index >= 15 is 0 Å². The van der Waals surface area contributed by atoms with Gasteiger partial charge in [0.15, 0.2) is 5.75 Å². The van der Waals surface area contributed by atoms with Crippen LogP contribution in [-0.4, -0.2) is 28.5 Å². The van der Waals surface area contributed by atoms with Crippen molar-refractivity contribution in [3.05, 3.63) is 80.3 Å². The Hall–Kier alpha value is -3.74. The van der Waals surface area contributed by atoms with Crippen LogP contribution in [0.2, 0.25) is 0 Å². The van der Waals surface area contributed by atoms with E-state index in [2.05, 4.69) is 29.1 Å². The van der Waals surface area contributed by atoms with Crippen LogP contribution >= 0.6 is 11.3 Å². The fraction of sp³-hybridized carbons (Fsp3) is 0.208. The summed E-state index contributed by atoms with van der Waals surface area (Å²) in [5.74, 6) is -0.890. The highest BCUT2D eigenvalue weighted by Gasteiger charge is 2.35. The number of fused-ring (bicyclic) bond motifs is 6. The lowest BCUT2D eigenvalue weighted by Gasteiger charge is -2.25. The lowest BCUT2D eigenvalue weighted by molar-refractivity contribution is 0.310. The molecule has 5 heterocycles. The van der Waals surface area contributed by atoms with Crippen LogP contribution in [0, 0.1) is 17.1 Å². The van der Waals surface area contributed by atoms with E-state index in [9.17, 15) is 14.4 Å². The summed E-state index contributed by atoms with van der Waals surface area (Å²) in [5.41, 5.74) is 9.63. The van der Waals surface area contributed by atoms with Gasteiger partial charge in [-0.1, -0.05) is 12.1 Å². The molecule has 1 atom stereocenters. The predicted molar refractivity (Wildman–Crippen MR) is 123 cm³/mol. The molecule has 1 aromatic carbocycles. The molecule has 4 aromatic rings. The summed E-state index contributed by atoms with van der Waals surface area (Å²) >= 11 is 1.43. The summed E-state index contributed by atoms with van der Waals surface area (Å²) in [6.45, 7) is 1.75. The number of nitriles is 1. The summed E-state index contributed by atoms with van der Waals surface area (Å²) in [7, 11) is 2.07. The van der Waals surface area contributed by atoms with E-state index in [1.807, 2.05) is 0 Å². The van der Waals surface area contributed by atoms with Gasteiger partial charge in [0.2, 0.25) is 5.88 Å². The lowest BCUT2D eigenvalue weighted by Crippen LogP contribution is -2.27. The van der Waals surface area contributed by atoms with Crippen molar-refractivity contribution < 1.29 is 9.13 Å². The molecule has 0 spiro atoms. The average Bonchev–Trinajstić information content (AvgIpc) is 3.15. The zero-order valence-electron chi connectivity index (χ0n) is 17.6. The maximum absolute atomic E-state index is 13.6. The summed E-state index contributed by atoms with van der Waals surface area (Å²) < 4.78 is 20.2. The fourth-order valence-electron chi connectivity index (χ4n) is 4.73. The molecular formula is C24H18FN5O2S. The molecule has 1 unspecified atom stereocenters. The summed E-state index contributed by atoms with van der Waals surface area (Å²) in [6, 6.07) is 9.87. The Morgan fingerprint density at radius 3 is 2.91 bits per heavy atom. The quantitative estimate of drug-likeness (QED) is 0.451. The highest BCUT2D eigenvalue weighted by atomic mass is 32.1. The molecule has 0 saturated carbocycles. The Balaban J connectivity index is 1.64. The molecular weight excluding hydrogens is 441 g/mol. The number of hydrogen-bond donors (Lipinski definition) is 2. The van der Waals surface area contributed by atoms with Crippen molar-refractivity contribution in [1.29, 1.82) is 5.26 Å². The van der Waals surface area contributed by atoms with Crippen LogP contribution in [-0.2, 0) is 13.0 Å². The molecule has 3 N–H and O–H groups in total. The maximum atomic E-state index is 13.6. The molecule has 164 valence electrons. The largest absolute Gasteiger partial charge is 0.438 e. The van der Waals surface area contributed by atoms with Gasteiger partial charge in [0.05, 0.1) is 21.7 Å². The van der Waals surface area contributed by atoms with Gasteiger partial charge in [-0.05, 0) is 36.4 Å². The monoisotopic (exact) mass is 459 g/mol. The third-order valence-corrected chi connectivity index (χ3v) is 7.43. The number of nitrogens with two attached hydrogens (primary N) is 1. The first-order valence-corrected chi connectivity index (χ1v) is 11.3. The van der Waals surface area contributed by atoms with Gasteiger partial charge in [0, 0.05) is 30.6 Å². The standard InChI is InChI=1S/C24H18FN5O2S/c1-30-7-6-16-12(10-30)8-14-19-21(33-24(14)28-16)20-18(23(31)29-19)17(15(9-26)22(27)32-20)11-2-4-13(25)5-3-11/h2-5,8,17H,6-7,10,27H2,1H3,(H,29,31). The predicted octanol–water partition coefficient (Wildman–Crippen LogP) is 3.48. The van der Waals surface area contributed by atoms with Crippen molar-refractivity contribution in [2.75, 3.05) is 13.6 Å². The highest BCUT2D eigenvalue weighted by Crippen LogP contribution is 2.46. The second-order valence-electron chi connectivity index (χ2n) is 8.41. The van der Waals surface area contributed by atoms with Gasteiger partial charge in [0.25, 0.3) is 5.56 Å². The molecule has 2 aliphatic rings. The number of ether oxygens (including phenoxy) is 1. The van der Waals surface area contributed by atoms with E-state index in [0.717, 1.165) is 45.7 Å². The number of hydrogen-bond acceptors (Lipinski definition) is 7. The second kappa shape index (κ2) is 7.13. The molecule has 0 fully saturated rings. The van der Waals surface area contributed by atoms with Crippen molar-refractivity contribution in [1.82, 2.24) is 14.9 Å². The number of nitrogens with one attached hydrogen (secondary N) is 1. The third kappa shape index (κ3) is 2.95. The normalized spacial score (nSPS) is 18.2. The van der Waals surface area contributed by atoms with Gasteiger partial charge in [-0.15, -0.1) is 11.3 Å². The highest BCUT2D eigenvalue weighted by molar-refractivity contribution is 7.25. The molecule has 0 saturated heterocycles. The van der Waals surface area contributed by atoms with E-state index in [4.69, 9.17) is 15.5 Å². The number of aromatic amines is 1. The molecule has 0 radical (unpaired) electrons. The number of pyridine rings is 2. The van der Waals surface area contributed by atoms with Gasteiger partial charge in [-0.3, -0.25) is 4.79 Å². The average molecular weight is 460 g/mol. The van der Waals surface area contributed by atoms with Gasteiger partial charge in [-0.2, -0.15) is 5.26 Å². The molecule has 7 nitrogen and oxygen atoms in total. The van der Waals surface area contributed by atoms with E-state index in [-0.39, 0.29) is 22.6 Å². The first-order valence-electron chi connectivity index (χ1n) is 10.5. The van der Waals surface area contributed by atoms with Crippen molar-refractivity contribution in [3.8, 4) is 11.8 Å². The van der Waals surface area contributed by atoms with E-state index in [1.54, 1.807) is 12.1 Å². The molecule has 0 bridgehead atoms. The Kier molecular flexibility index (Phi) is 4.30. The van der Waals surface area contributed by atoms with Crippen LogP contribution in [0.4, 0.5) is 4.39 Å². The smallest absolute Gasteiger partial charge is 0.256 e. The van der Waals surface area contributed by atoms with Crippen LogP contribution in [0.1, 0.15) is 28.3 Å². The van der Waals surface area contributed by atoms with Crippen molar-refractivity contribution in [2.45, 2.75) is 18.9 Å². The molecule has 0 aliphatic carbocycles. The zero-order chi connectivity index (χ0) is 22.9. The van der Waals surface area contributed by atoms with Gasteiger partial charge in [0.1, 0.15) is 22.3 Å². The molecule has 2 aliphatic heterocycles. The van der Waals surface area contributed by atoms with E-state index < -0.39 is 11.7 Å². The minimum Gasteiger partial charge on any atom is -0.438 e. The Morgan fingerprint density at radius 2 is 2.15 bits per heavy atom. The van der Waals surface area contributed by atoms with Crippen LogP contribution in [0.15, 0.2) is 46.6 Å². The number of rotatable bonds is 1. The van der Waals surface area contributed by atoms with Crippen molar-refractivity contribution in [3.63, 3.8) is 0 Å². The second-order valence-corrected chi connectivity index (χ2v) is 9.41. The van der Waals surface area contributed by atoms with Crippen LogP contribution < -0.4 is 16.0 Å². The summed E-state index contributed by atoms with van der Waals surface area (Å²) in [4.78, 5) is 24.3. The number of benzene rings is 1.